The lowest BCUT2D eigenvalue weighted by molar-refractivity contribution is 0.258. The molecule has 4 heteroatoms. The predicted octanol–water partition coefficient (Wildman–Crippen LogP) is 2.97. The number of hydrogen-bond acceptors (Lipinski definition) is 3. The summed E-state index contributed by atoms with van der Waals surface area (Å²) in [6, 6.07) is 3.96. The van der Waals surface area contributed by atoms with Gasteiger partial charge in [-0.2, -0.15) is 0 Å². The Morgan fingerprint density at radius 3 is 2.81 bits per heavy atom. The molecule has 1 atom stereocenters. The monoisotopic (exact) mass is 286 g/mol. The molecular formula is C12H19BrN2O. The molecule has 16 heavy (non-hydrogen) atoms. The van der Waals surface area contributed by atoms with Crippen molar-refractivity contribution in [2.24, 2.45) is 5.92 Å². The number of halogens is 1. The normalized spacial score (nSPS) is 12.5. The summed E-state index contributed by atoms with van der Waals surface area (Å²) in [4.78, 5) is 4.42. The van der Waals surface area contributed by atoms with Crippen LogP contribution >= 0.6 is 15.9 Å². The van der Waals surface area contributed by atoms with Gasteiger partial charge in [-0.05, 0) is 47.3 Å². The fourth-order valence-electron chi connectivity index (χ4n) is 1.52. The van der Waals surface area contributed by atoms with Crippen molar-refractivity contribution >= 4 is 21.7 Å². The third-order valence-electron chi connectivity index (χ3n) is 2.71. The van der Waals surface area contributed by atoms with E-state index in [2.05, 4.69) is 33.2 Å². The van der Waals surface area contributed by atoms with Crippen LogP contribution < -0.4 is 5.32 Å². The molecule has 1 unspecified atom stereocenters. The first-order valence-corrected chi connectivity index (χ1v) is 6.44. The largest absolute Gasteiger partial charge is 0.396 e. The van der Waals surface area contributed by atoms with Crippen molar-refractivity contribution < 1.29 is 5.11 Å². The van der Waals surface area contributed by atoms with Crippen molar-refractivity contribution in [3.05, 3.63) is 22.3 Å². The Labute approximate surface area is 105 Å². The van der Waals surface area contributed by atoms with Crippen molar-refractivity contribution in [3.63, 3.8) is 0 Å². The molecule has 0 aromatic carbocycles. The predicted molar refractivity (Wildman–Crippen MR) is 70.6 cm³/mol. The van der Waals surface area contributed by atoms with E-state index in [4.69, 9.17) is 5.11 Å². The minimum atomic E-state index is 0.257. The summed E-state index contributed by atoms with van der Waals surface area (Å²) in [6.07, 6.45) is 1.92. The van der Waals surface area contributed by atoms with Crippen LogP contribution in [0.15, 0.2) is 16.6 Å². The average Bonchev–Trinajstić information content (AvgIpc) is 2.28. The van der Waals surface area contributed by atoms with Gasteiger partial charge in [0.15, 0.2) is 0 Å². The smallest absolute Gasteiger partial charge is 0.126 e. The van der Waals surface area contributed by atoms with Gasteiger partial charge in [-0.3, -0.25) is 0 Å². The molecule has 0 spiro atoms. The van der Waals surface area contributed by atoms with Crippen LogP contribution in [0, 0.1) is 12.8 Å². The van der Waals surface area contributed by atoms with Crippen LogP contribution in [-0.4, -0.2) is 23.2 Å². The van der Waals surface area contributed by atoms with Gasteiger partial charge in [-0.1, -0.05) is 13.3 Å². The van der Waals surface area contributed by atoms with E-state index in [1.165, 1.54) is 0 Å². The maximum atomic E-state index is 8.90. The van der Waals surface area contributed by atoms with E-state index in [1.807, 2.05) is 19.1 Å². The van der Waals surface area contributed by atoms with Crippen LogP contribution in [-0.2, 0) is 0 Å². The molecule has 3 nitrogen and oxygen atoms in total. The molecule has 0 saturated carbocycles. The molecule has 1 aromatic heterocycles. The number of rotatable bonds is 6. The Morgan fingerprint density at radius 2 is 2.25 bits per heavy atom. The first-order chi connectivity index (χ1) is 7.67. The molecule has 0 aliphatic heterocycles. The zero-order chi connectivity index (χ0) is 12.0. The van der Waals surface area contributed by atoms with E-state index in [0.29, 0.717) is 5.92 Å². The highest BCUT2D eigenvalue weighted by molar-refractivity contribution is 9.10. The van der Waals surface area contributed by atoms with E-state index in [1.54, 1.807) is 0 Å². The summed E-state index contributed by atoms with van der Waals surface area (Å²) < 4.78 is 1.03. The summed E-state index contributed by atoms with van der Waals surface area (Å²) in [7, 11) is 0. The van der Waals surface area contributed by atoms with E-state index in [9.17, 15) is 0 Å². The minimum absolute atomic E-state index is 0.257. The molecule has 90 valence electrons. The standard InChI is InChI=1S/C12H19BrN2O/c1-3-10(6-7-16)8-14-12-5-4-11(13)9(2)15-12/h4-5,10,16H,3,6-8H2,1-2H3,(H,14,15). The van der Waals surface area contributed by atoms with Crippen molar-refractivity contribution in [2.45, 2.75) is 26.7 Å². The maximum Gasteiger partial charge on any atom is 0.126 e. The van der Waals surface area contributed by atoms with Crippen LogP contribution in [0.25, 0.3) is 0 Å². The van der Waals surface area contributed by atoms with Gasteiger partial charge in [0.25, 0.3) is 0 Å². The lowest BCUT2D eigenvalue weighted by atomic mass is 10.0. The molecule has 0 aliphatic carbocycles. The van der Waals surface area contributed by atoms with Gasteiger partial charge in [0.05, 0.1) is 5.69 Å². The topological polar surface area (TPSA) is 45.1 Å². The molecule has 0 radical (unpaired) electrons. The molecule has 0 fully saturated rings. The first-order valence-electron chi connectivity index (χ1n) is 5.65. The van der Waals surface area contributed by atoms with Crippen molar-refractivity contribution in [3.8, 4) is 0 Å². The highest BCUT2D eigenvalue weighted by Gasteiger charge is 2.06. The molecule has 1 aromatic rings. The van der Waals surface area contributed by atoms with Crippen molar-refractivity contribution in [1.29, 1.82) is 0 Å². The van der Waals surface area contributed by atoms with Crippen LogP contribution in [0.5, 0.6) is 0 Å². The summed E-state index contributed by atoms with van der Waals surface area (Å²) in [5.74, 6) is 1.41. The second-order valence-corrected chi connectivity index (χ2v) is 4.79. The molecule has 0 bridgehead atoms. The third kappa shape index (κ3) is 4.10. The van der Waals surface area contributed by atoms with E-state index in [0.717, 1.165) is 35.4 Å². The van der Waals surface area contributed by atoms with Crippen LogP contribution in [0.2, 0.25) is 0 Å². The fourth-order valence-corrected chi connectivity index (χ4v) is 1.75. The number of nitrogens with one attached hydrogen (secondary N) is 1. The molecule has 0 aliphatic rings. The highest BCUT2D eigenvalue weighted by atomic mass is 79.9. The molecular weight excluding hydrogens is 268 g/mol. The number of pyridine rings is 1. The van der Waals surface area contributed by atoms with Crippen molar-refractivity contribution in [2.75, 3.05) is 18.5 Å². The second kappa shape index (κ2) is 6.86. The molecule has 0 saturated heterocycles. The van der Waals surface area contributed by atoms with Crippen LogP contribution in [0.3, 0.4) is 0 Å². The van der Waals surface area contributed by atoms with Crippen LogP contribution in [0.4, 0.5) is 5.82 Å². The number of anilines is 1. The highest BCUT2D eigenvalue weighted by Crippen LogP contribution is 2.17. The second-order valence-electron chi connectivity index (χ2n) is 3.93. The molecule has 2 N–H and O–H groups in total. The average molecular weight is 287 g/mol. The minimum Gasteiger partial charge on any atom is -0.396 e. The Hall–Kier alpha value is -0.610. The van der Waals surface area contributed by atoms with Gasteiger partial charge in [0.1, 0.15) is 5.82 Å². The summed E-state index contributed by atoms with van der Waals surface area (Å²) in [5, 5.41) is 12.2. The lowest BCUT2D eigenvalue weighted by Crippen LogP contribution is -2.15. The van der Waals surface area contributed by atoms with Gasteiger partial charge >= 0.3 is 0 Å². The lowest BCUT2D eigenvalue weighted by Gasteiger charge is -2.15. The number of aliphatic hydroxyl groups excluding tert-OH is 1. The number of aryl methyl sites for hydroxylation is 1. The van der Waals surface area contributed by atoms with Gasteiger partial charge in [-0.15, -0.1) is 0 Å². The number of nitrogens with zero attached hydrogens (tertiary/aromatic N) is 1. The van der Waals surface area contributed by atoms with Gasteiger partial charge in [-0.25, -0.2) is 4.98 Å². The molecule has 1 heterocycles. The van der Waals surface area contributed by atoms with E-state index < -0.39 is 0 Å². The van der Waals surface area contributed by atoms with Gasteiger partial charge in [0.2, 0.25) is 0 Å². The first kappa shape index (κ1) is 13.5. The SMILES string of the molecule is CCC(CCO)CNc1ccc(Br)c(C)n1. The summed E-state index contributed by atoms with van der Waals surface area (Å²) in [6.45, 7) is 5.24. The zero-order valence-corrected chi connectivity index (χ0v) is 11.4. The number of aliphatic hydroxyl groups is 1. The third-order valence-corrected chi connectivity index (χ3v) is 3.55. The Balaban J connectivity index is 2.50. The molecule has 1 rings (SSSR count). The fraction of sp³-hybridized carbons (Fsp3) is 0.583. The number of hydrogen-bond donors (Lipinski definition) is 2. The number of aromatic nitrogens is 1. The maximum absolute atomic E-state index is 8.90. The summed E-state index contributed by atoms with van der Waals surface area (Å²) in [5.41, 5.74) is 0.986. The zero-order valence-electron chi connectivity index (χ0n) is 9.83. The van der Waals surface area contributed by atoms with Gasteiger partial charge in [0, 0.05) is 17.6 Å². The summed E-state index contributed by atoms with van der Waals surface area (Å²) >= 11 is 3.42. The quantitative estimate of drug-likeness (QED) is 0.845. The van der Waals surface area contributed by atoms with Crippen molar-refractivity contribution in [1.82, 2.24) is 4.98 Å². The Morgan fingerprint density at radius 1 is 1.50 bits per heavy atom. The van der Waals surface area contributed by atoms with Crippen LogP contribution in [0.1, 0.15) is 25.5 Å². The molecule has 0 amide bonds. The van der Waals surface area contributed by atoms with E-state index in [-0.39, 0.29) is 6.61 Å². The Kier molecular flexibility index (Phi) is 5.77. The Bertz CT molecular complexity index is 331. The van der Waals surface area contributed by atoms with E-state index >= 15 is 0 Å². The van der Waals surface area contributed by atoms with Gasteiger partial charge < -0.3 is 10.4 Å².